The molecule has 1 atom stereocenters. The van der Waals surface area contributed by atoms with E-state index in [4.69, 9.17) is 22.1 Å². The highest BCUT2D eigenvalue weighted by Gasteiger charge is 2.12. The summed E-state index contributed by atoms with van der Waals surface area (Å²) in [5, 5.41) is 0.715. The lowest BCUT2D eigenvalue weighted by Gasteiger charge is -2.12. The molecule has 3 nitrogen and oxygen atoms in total. The van der Waals surface area contributed by atoms with Gasteiger partial charge in [0.2, 0.25) is 0 Å². The van der Waals surface area contributed by atoms with Crippen LogP contribution in [-0.4, -0.2) is 12.6 Å². The van der Waals surface area contributed by atoms with Crippen molar-refractivity contribution in [1.29, 1.82) is 0 Å². The maximum absolute atomic E-state index is 11.4. The molecule has 0 unspecified atom stereocenters. The summed E-state index contributed by atoms with van der Waals surface area (Å²) in [6, 6.07) is 15.2. The Morgan fingerprint density at radius 2 is 1.62 bits per heavy atom. The van der Waals surface area contributed by atoms with Gasteiger partial charge in [0, 0.05) is 11.1 Å². The molecule has 0 spiro atoms. The molecule has 0 fully saturated rings. The van der Waals surface area contributed by atoms with Crippen molar-refractivity contribution in [3.05, 3.63) is 59.1 Å². The molecule has 2 rings (SSSR count). The first-order valence-corrected chi connectivity index (χ1v) is 7.25. The van der Waals surface area contributed by atoms with Gasteiger partial charge in [0.15, 0.2) is 0 Å². The van der Waals surface area contributed by atoms with E-state index in [1.807, 2.05) is 48.5 Å². The lowest BCUT2D eigenvalue weighted by Crippen LogP contribution is -2.17. The standard InChI is InChI=1S/C17H18ClNO2/c1-2-21-17(20)11-16(19)14-5-3-12(4-6-14)13-7-9-15(18)10-8-13/h3-10,16H,2,11,19H2,1H3/t16-/m0/s1. The number of nitrogens with two attached hydrogens (primary N) is 1. The Morgan fingerprint density at radius 1 is 1.10 bits per heavy atom. The van der Waals surface area contributed by atoms with Gasteiger partial charge in [-0.15, -0.1) is 0 Å². The van der Waals surface area contributed by atoms with Gasteiger partial charge in [0.25, 0.3) is 0 Å². The van der Waals surface area contributed by atoms with Gasteiger partial charge >= 0.3 is 5.97 Å². The average Bonchev–Trinajstić information content (AvgIpc) is 2.48. The Labute approximate surface area is 129 Å². The van der Waals surface area contributed by atoms with E-state index in [0.29, 0.717) is 11.6 Å². The first kappa shape index (κ1) is 15.5. The Bertz CT molecular complexity index is 593. The molecule has 0 saturated heterocycles. The lowest BCUT2D eigenvalue weighted by atomic mass is 10.00. The molecule has 0 aliphatic heterocycles. The summed E-state index contributed by atoms with van der Waals surface area (Å²) in [6.07, 6.45) is 0.189. The van der Waals surface area contributed by atoms with Crippen LogP contribution in [0, 0.1) is 0 Å². The molecule has 110 valence electrons. The zero-order chi connectivity index (χ0) is 15.2. The van der Waals surface area contributed by atoms with Crippen molar-refractivity contribution in [2.24, 2.45) is 5.73 Å². The molecule has 0 radical (unpaired) electrons. The molecule has 0 aromatic heterocycles. The molecule has 2 aromatic rings. The van der Waals surface area contributed by atoms with E-state index in [1.165, 1.54) is 0 Å². The molecule has 0 aliphatic carbocycles. The fourth-order valence-corrected chi connectivity index (χ4v) is 2.21. The van der Waals surface area contributed by atoms with E-state index in [0.717, 1.165) is 16.7 Å². The second-order valence-corrected chi connectivity index (χ2v) is 5.18. The molecular formula is C17H18ClNO2. The van der Waals surface area contributed by atoms with Gasteiger partial charge in [-0.1, -0.05) is 48.0 Å². The molecule has 2 aromatic carbocycles. The predicted octanol–water partition coefficient (Wildman–Crippen LogP) is 3.96. The quantitative estimate of drug-likeness (QED) is 0.851. The number of carbonyl (C=O) groups is 1. The van der Waals surface area contributed by atoms with Crippen molar-refractivity contribution in [2.45, 2.75) is 19.4 Å². The Balaban J connectivity index is 2.08. The predicted molar refractivity (Wildman–Crippen MR) is 85.1 cm³/mol. The normalized spacial score (nSPS) is 12.0. The molecule has 0 saturated carbocycles. The average molecular weight is 304 g/mol. The van der Waals surface area contributed by atoms with Crippen LogP contribution in [0.15, 0.2) is 48.5 Å². The molecule has 0 amide bonds. The van der Waals surface area contributed by atoms with Gasteiger partial charge in [-0.05, 0) is 35.7 Å². The summed E-state index contributed by atoms with van der Waals surface area (Å²) in [5.74, 6) is -0.272. The number of halogens is 1. The van der Waals surface area contributed by atoms with Crippen molar-refractivity contribution in [3.63, 3.8) is 0 Å². The van der Waals surface area contributed by atoms with Gasteiger partial charge in [-0.25, -0.2) is 0 Å². The number of benzene rings is 2. The highest BCUT2D eigenvalue weighted by molar-refractivity contribution is 6.30. The van der Waals surface area contributed by atoms with Gasteiger partial charge in [0.05, 0.1) is 13.0 Å². The van der Waals surface area contributed by atoms with Gasteiger partial charge in [-0.2, -0.15) is 0 Å². The van der Waals surface area contributed by atoms with Crippen LogP contribution in [0.4, 0.5) is 0 Å². The minimum absolute atomic E-state index is 0.189. The van der Waals surface area contributed by atoms with E-state index in [1.54, 1.807) is 6.92 Å². The van der Waals surface area contributed by atoms with Crippen LogP contribution in [-0.2, 0) is 9.53 Å². The Hall–Kier alpha value is -1.84. The molecule has 0 heterocycles. The monoisotopic (exact) mass is 303 g/mol. The fourth-order valence-electron chi connectivity index (χ4n) is 2.08. The Morgan fingerprint density at radius 3 is 2.14 bits per heavy atom. The van der Waals surface area contributed by atoms with Crippen LogP contribution in [0.5, 0.6) is 0 Å². The molecule has 0 aliphatic rings. The third-order valence-electron chi connectivity index (χ3n) is 3.21. The summed E-state index contributed by atoms with van der Waals surface area (Å²) >= 11 is 5.88. The number of carbonyl (C=O) groups excluding carboxylic acids is 1. The molecule has 21 heavy (non-hydrogen) atoms. The third-order valence-corrected chi connectivity index (χ3v) is 3.46. The largest absolute Gasteiger partial charge is 0.466 e. The van der Waals surface area contributed by atoms with Crippen molar-refractivity contribution >= 4 is 17.6 Å². The summed E-state index contributed by atoms with van der Waals surface area (Å²) < 4.78 is 4.91. The van der Waals surface area contributed by atoms with Crippen molar-refractivity contribution in [3.8, 4) is 11.1 Å². The summed E-state index contributed by atoms with van der Waals surface area (Å²) in [5.41, 5.74) is 9.10. The third kappa shape index (κ3) is 4.31. The maximum Gasteiger partial charge on any atom is 0.307 e. The van der Waals surface area contributed by atoms with Crippen molar-refractivity contribution in [2.75, 3.05) is 6.61 Å². The highest BCUT2D eigenvalue weighted by atomic mass is 35.5. The fraction of sp³-hybridized carbons (Fsp3) is 0.235. The smallest absolute Gasteiger partial charge is 0.307 e. The van der Waals surface area contributed by atoms with Crippen molar-refractivity contribution < 1.29 is 9.53 Å². The van der Waals surface area contributed by atoms with Crippen molar-refractivity contribution in [1.82, 2.24) is 0 Å². The Kier molecular flexibility index (Phi) is 5.37. The SMILES string of the molecule is CCOC(=O)C[C@H](N)c1ccc(-c2ccc(Cl)cc2)cc1. The van der Waals surface area contributed by atoms with Gasteiger partial charge in [0.1, 0.15) is 0 Å². The molecule has 2 N–H and O–H groups in total. The highest BCUT2D eigenvalue weighted by Crippen LogP contribution is 2.24. The first-order chi connectivity index (χ1) is 10.1. The minimum Gasteiger partial charge on any atom is -0.466 e. The zero-order valence-electron chi connectivity index (χ0n) is 11.9. The number of hydrogen-bond donors (Lipinski definition) is 1. The molecular weight excluding hydrogens is 286 g/mol. The van der Waals surface area contributed by atoms with E-state index < -0.39 is 0 Å². The number of rotatable bonds is 5. The van der Waals surface area contributed by atoms with Crippen LogP contribution < -0.4 is 5.73 Å². The lowest BCUT2D eigenvalue weighted by molar-refractivity contribution is -0.143. The van der Waals surface area contributed by atoms with E-state index in [-0.39, 0.29) is 18.4 Å². The van der Waals surface area contributed by atoms with E-state index >= 15 is 0 Å². The van der Waals surface area contributed by atoms with Crippen LogP contribution in [0.3, 0.4) is 0 Å². The van der Waals surface area contributed by atoms with Crippen LogP contribution >= 0.6 is 11.6 Å². The van der Waals surface area contributed by atoms with E-state index in [2.05, 4.69) is 0 Å². The number of hydrogen-bond acceptors (Lipinski definition) is 3. The number of esters is 1. The molecule has 0 bridgehead atoms. The van der Waals surface area contributed by atoms with E-state index in [9.17, 15) is 4.79 Å². The zero-order valence-corrected chi connectivity index (χ0v) is 12.6. The second-order valence-electron chi connectivity index (χ2n) is 4.74. The number of ether oxygens (including phenoxy) is 1. The molecule has 4 heteroatoms. The van der Waals surface area contributed by atoms with Crippen LogP contribution in [0.2, 0.25) is 5.02 Å². The second kappa shape index (κ2) is 7.25. The van der Waals surface area contributed by atoms with Crippen LogP contribution in [0.25, 0.3) is 11.1 Å². The summed E-state index contributed by atoms with van der Waals surface area (Å²) in [4.78, 5) is 11.4. The first-order valence-electron chi connectivity index (χ1n) is 6.87. The minimum atomic E-state index is -0.344. The summed E-state index contributed by atoms with van der Waals surface area (Å²) in [7, 11) is 0. The summed E-state index contributed by atoms with van der Waals surface area (Å²) in [6.45, 7) is 2.16. The topological polar surface area (TPSA) is 52.3 Å². The van der Waals surface area contributed by atoms with Gasteiger partial charge < -0.3 is 10.5 Å². The van der Waals surface area contributed by atoms with Crippen LogP contribution in [0.1, 0.15) is 24.9 Å². The maximum atomic E-state index is 11.4. The van der Waals surface area contributed by atoms with Gasteiger partial charge in [-0.3, -0.25) is 4.79 Å².